The van der Waals surface area contributed by atoms with Crippen molar-refractivity contribution < 1.29 is 4.74 Å². The fourth-order valence-corrected chi connectivity index (χ4v) is 3.13. The molecule has 144 valence electrons. The molecule has 24 heavy (non-hydrogen) atoms. The van der Waals surface area contributed by atoms with E-state index in [1.807, 2.05) is 0 Å². The lowest BCUT2D eigenvalue weighted by molar-refractivity contribution is 0.125. The van der Waals surface area contributed by atoms with Gasteiger partial charge in [0.1, 0.15) is 0 Å². The van der Waals surface area contributed by atoms with Crippen LogP contribution in [0.15, 0.2) is 12.2 Å². The van der Waals surface area contributed by atoms with Crippen molar-refractivity contribution in [1.29, 1.82) is 0 Å². The Bertz CT molecular complexity index is 246. The van der Waals surface area contributed by atoms with Crippen LogP contribution in [0, 0.1) is 0 Å². The van der Waals surface area contributed by atoms with Gasteiger partial charge in [0, 0.05) is 13.2 Å². The second-order valence-corrected chi connectivity index (χ2v) is 7.62. The van der Waals surface area contributed by atoms with Crippen molar-refractivity contribution in [1.82, 2.24) is 0 Å². The highest BCUT2D eigenvalue weighted by Crippen LogP contribution is 2.12. The summed E-state index contributed by atoms with van der Waals surface area (Å²) >= 11 is 0. The summed E-state index contributed by atoms with van der Waals surface area (Å²) in [5.41, 5.74) is 1.34. The van der Waals surface area contributed by atoms with E-state index in [9.17, 15) is 0 Å². The molecule has 1 heteroatoms. The molecule has 0 unspecified atom stereocenters. The lowest BCUT2D eigenvalue weighted by atomic mass is 10.1. The molecule has 0 aromatic carbocycles. The molecule has 0 spiro atoms. The number of unbranched alkanes of at least 4 members (excludes halogenated alkanes) is 14. The molecule has 0 amide bonds. The molecule has 0 atom stereocenters. The van der Waals surface area contributed by atoms with Crippen molar-refractivity contribution in [2.45, 2.75) is 123 Å². The second-order valence-electron chi connectivity index (χ2n) is 7.62. The van der Waals surface area contributed by atoms with Gasteiger partial charge in [-0.05, 0) is 32.6 Å². The van der Waals surface area contributed by atoms with Gasteiger partial charge in [-0.25, -0.2) is 0 Å². The van der Waals surface area contributed by atoms with Gasteiger partial charge in [0.25, 0.3) is 0 Å². The highest BCUT2D eigenvalue weighted by Gasteiger charge is 1.95. The molecule has 0 bridgehead atoms. The van der Waals surface area contributed by atoms with Gasteiger partial charge in [0.2, 0.25) is 0 Å². The summed E-state index contributed by atoms with van der Waals surface area (Å²) < 4.78 is 5.75. The Morgan fingerprint density at radius 1 is 0.583 bits per heavy atom. The van der Waals surface area contributed by atoms with Gasteiger partial charge in [-0.3, -0.25) is 0 Å². The summed E-state index contributed by atoms with van der Waals surface area (Å²) in [4.78, 5) is 0. The zero-order valence-electron chi connectivity index (χ0n) is 17.1. The Balaban J connectivity index is 2.97. The molecule has 0 aromatic heterocycles. The van der Waals surface area contributed by atoms with E-state index in [-0.39, 0.29) is 0 Å². The molecule has 0 saturated heterocycles. The van der Waals surface area contributed by atoms with Crippen LogP contribution in [-0.2, 0) is 4.74 Å². The Morgan fingerprint density at radius 2 is 0.958 bits per heavy atom. The highest BCUT2D eigenvalue weighted by molar-refractivity contribution is 4.86. The van der Waals surface area contributed by atoms with Crippen LogP contribution >= 0.6 is 0 Å². The van der Waals surface area contributed by atoms with Gasteiger partial charge in [-0.1, -0.05) is 96.0 Å². The van der Waals surface area contributed by atoms with Crippen LogP contribution in [0.1, 0.15) is 123 Å². The third-order valence-electron chi connectivity index (χ3n) is 4.78. The van der Waals surface area contributed by atoms with E-state index < -0.39 is 0 Å². The number of rotatable bonds is 20. The minimum atomic E-state index is 0.983. The monoisotopic (exact) mass is 338 g/mol. The molecule has 0 saturated carbocycles. The Hall–Kier alpha value is -0.300. The van der Waals surface area contributed by atoms with Gasteiger partial charge >= 0.3 is 0 Å². The molecule has 0 radical (unpaired) electrons. The molecule has 0 aliphatic heterocycles. The lowest BCUT2D eigenvalue weighted by Gasteiger charge is -2.05. The summed E-state index contributed by atoms with van der Waals surface area (Å²) in [6.07, 6.45) is 23.2. The third-order valence-corrected chi connectivity index (χ3v) is 4.78. The summed E-state index contributed by atoms with van der Waals surface area (Å²) in [6, 6.07) is 0. The average Bonchev–Trinajstić information content (AvgIpc) is 2.56. The number of ether oxygens (including phenoxy) is 1. The molecule has 0 heterocycles. The fourth-order valence-electron chi connectivity index (χ4n) is 3.13. The van der Waals surface area contributed by atoms with Crippen molar-refractivity contribution in [3.8, 4) is 0 Å². The van der Waals surface area contributed by atoms with Crippen LogP contribution in [0.25, 0.3) is 0 Å². The molecular formula is C23H46O. The fraction of sp³-hybridized carbons (Fsp3) is 0.913. The topological polar surface area (TPSA) is 9.23 Å². The molecule has 1 nitrogen and oxygen atoms in total. The van der Waals surface area contributed by atoms with Crippen LogP contribution in [0.5, 0.6) is 0 Å². The molecule has 0 N–H and O–H groups in total. The molecule has 0 aliphatic rings. The van der Waals surface area contributed by atoms with Crippen LogP contribution in [-0.4, -0.2) is 13.2 Å². The highest BCUT2D eigenvalue weighted by atomic mass is 16.5. The summed E-state index contributed by atoms with van der Waals surface area (Å²) in [5.74, 6) is 0. The second kappa shape index (κ2) is 20.7. The first-order chi connectivity index (χ1) is 11.8. The lowest BCUT2D eigenvalue weighted by Crippen LogP contribution is -1.97. The van der Waals surface area contributed by atoms with Crippen LogP contribution < -0.4 is 0 Å². The van der Waals surface area contributed by atoms with Gasteiger partial charge in [0.15, 0.2) is 0 Å². The standard InChI is InChI=1S/C23H46O/c1-4-5-6-7-12-15-18-21-24-22-19-16-13-10-8-9-11-14-17-20-23(2)3/h2,4-22H2,1,3H3. The van der Waals surface area contributed by atoms with Crippen LogP contribution in [0.3, 0.4) is 0 Å². The quantitative estimate of drug-likeness (QED) is 0.160. The van der Waals surface area contributed by atoms with Crippen molar-refractivity contribution >= 4 is 0 Å². The predicted molar refractivity (Wildman–Crippen MR) is 110 cm³/mol. The minimum Gasteiger partial charge on any atom is -0.381 e. The average molecular weight is 339 g/mol. The predicted octanol–water partition coefficient (Wildman–Crippen LogP) is 8.23. The van der Waals surface area contributed by atoms with E-state index in [2.05, 4.69) is 20.4 Å². The maximum Gasteiger partial charge on any atom is 0.0466 e. The van der Waals surface area contributed by atoms with Gasteiger partial charge in [-0.15, -0.1) is 6.58 Å². The smallest absolute Gasteiger partial charge is 0.0466 e. The van der Waals surface area contributed by atoms with Gasteiger partial charge in [-0.2, -0.15) is 0 Å². The first-order valence-corrected chi connectivity index (χ1v) is 11.0. The number of allylic oxidation sites excluding steroid dienone is 1. The summed E-state index contributed by atoms with van der Waals surface area (Å²) in [5, 5.41) is 0. The molecule has 0 aromatic rings. The van der Waals surface area contributed by atoms with E-state index in [0.717, 1.165) is 13.2 Å². The van der Waals surface area contributed by atoms with E-state index in [4.69, 9.17) is 4.74 Å². The Kier molecular flexibility index (Phi) is 20.5. The first kappa shape index (κ1) is 23.7. The molecular weight excluding hydrogens is 292 g/mol. The van der Waals surface area contributed by atoms with Crippen molar-refractivity contribution in [3.05, 3.63) is 12.2 Å². The molecule has 0 aliphatic carbocycles. The summed E-state index contributed by atoms with van der Waals surface area (Å²) in [7, 11) is 0. The zero-order chi connectivity index (χ0) is 17.7. The van der Waals surface area contributed by atoms with E-state index in [1.165, 1.54) is 115 Å². The largest absolute Gasteiger partial charge is 0.381 e. The first-order valence-electron chi connectivity index (χ1n) is 11.0. The Labute approximate surface area is 153 Å². The summed E-state index contributed by atoms with van der Waals surface area (Å²) in [6.45, 7) is 10.3. The van der Waals surface area contributed by atoms with Gasteiger partial charge in [0.05, 0.1) is 0 Å². The van der Waals surface area contributed by atoms with Crippen LogP contribution in [0.2, 0.25) is 0 Å². The zero-order valence-corrected chi connectivity index (χ0v) is 17.1. The van der Waals surface area contributed by atoms with Crippen LogP contribution in [0.4, 0.5) is 0 Å². The normalized spacial score (nSPS) is 11.1. The Morgan fingerprint density at radius 3 is 1.38 bits per heavy atom. The molecule has 0 fully saturated rings. The maximum atomic E-state index is 5.75. The van der Waals surface area contributed by atoms with E-state index in [1.54, 1.807) is 0 Å². The van der Waals surface area contributed by atoms with Crippen molar-refractivity contribution in [2.24, 2.45) is 0 Å². The minimum absolute atomic E-state index is 0.983. The van der Waals surface area contributed by atoms with Crippen molar-refractivity contribution in [3.63, 3.8) is 0 Å². The van der Waals surface area contributed by atoms with E-state index in [0.29, 0.717) is 0 Å². The number of hydrogen-bond acceptors (Lipinski definition) is 1. The SMILES string of the molecule is C=C(C)CCCCCCCCCCCOCCCCCCCCC. The number of hydrogen-bond donors (Lipinski definition) is 0. The van der Waals surface area contributed by atoms with Gasteiger partial charge < -0.3 is 4.74 Å². The maximum absolute atomic E-state index is 5.75. The van der Waals surface area contributed by atoms with Crippen molar-refractivity contribution in [2.75, 3.05) is 13.2 Å². The third kappa shape index (κ3) is 21.7. The molecule has 0 rings (SSSR count). The van der Waals surface area contributed by atoms with E-state index >= 15 is 0 Å².